The zero-order valence-electron chi connectivity index (χ0n) is 11.3. The fourth-order valence-electron chi connectivity index (χ4n) is 1.74. The molecule has 0 unspecified atom stereocenters. The summed E-state index contributed by atoms with van der Waals surface area (Å²) in [6.45, 7) is 2.52. The van der Waals surface area contributed by atoms with Crippen molar-refractivity contribution in [1.29, 1.82) is 0 Å². The highest BCUT2D eigenvalue weighted by molar-refractivity contribution is 5.95. The summed E-state index contributed by atoms with van der Waals surface area (Å²) in [6.07, 6.45) is 2.61. The fraction of sp³-hybridized carbons (Fsp3) is 0.200. The Morgan fingerprint density at radius 3 is 2.65 bits per heavy atom. The summed E-state index contributed by atoms with van der Waals surface area (Å²) in [6, 6.07) is 11.5. The predicted molar refractivity (Wildman–Crippen MR) is 76.9 cm³/mol. The van der Waals surface area contributed by atoms with Crippen LogP contribution in [-0.4, -0.2) is 16.0 Å². The summed E-state index contributed by atoms with van der Waals surface area (Å²) in [4.78, 5) is 4.02. The van der Waals surface area contributed by atoms with Crippen LogP contribution in [0, 0.1) is 0 Å². The van der Waals surface area contributed by atoms with Gasteiger partial charge in [0.1, 0.15) is 18.1 Å². The Morgan fingerprint density at radius 2 is 2.00 bits per heavy atom. The van der Waals surface area contributed by atoms with Crippen LogP contribution < -0.4 is 10.5 Å². The summed E-state index contributed by atoms with van der Waals surface area (Å²) < 4.78 is 5.69. The zero-order valence-corrected chi connectivity index (χ0v) is 11.3. The third kappa shape index (κ3) is 3.47. The van der Waals surface area contributed by atoms with E-state index in [9.17, 15) is 0 Å². The van der Waals surface area contributed by atoms with Crippen molar-refractivity contribution in [3.8, 4) is 5.75 Å². The van der Waals surface area contributed by atoms with Crippen molar-refractivity contribution in [2.24, 2.45) is 10.9 Å². The average Bonchev–Trinajstić information content (AvgIpc) is 2.53. The molecule has 1 aromatic heterocycles. The first-order chi connectivity index (χ1) is 9.72. The molecule has 0 radical (unpaired) electrons. The SMILES string of the molecule is CCc1ccc(OCc2ccnc(C(N)=NO)c2)cc1. The van der Waals surface area contributed by atoms with Crippen molar-refractivity contribution in [1.82, 2.24) is 4.98 Å². The molecule has 0 bridgehead atoms. The number of aromatic nitrogens is 1. The van der Waals surface area contributed by atoms with Crippen molar-refractivity contribution in [3.05, 3.63) is 59.4 Å². The van der Waals surface area contributed by atoms with Crippen LogP contribution in [0.25, 0.3) is 0 Å². The van der Waals surface area contributed by atoms with Crippen LogP contribution in [0.5, 0.6) is 5.75 Å². The van der Waals surface area contributed by atoms with Crippen LogP contribution >= 0.6 is 0 Å². The van der Waals surface area contributed by atoms with E-state index in [0.717, 1.165) is 17.7 Å². The molecule has 0 aliphatic carbocycles. The number of benzene rings is 1. The maximum Gasteiger partial charge on any atom is 0.188 e. The lowest BCUT2D eigenvalue weighted by atomic mass is 10.2. The first-order valence-electron chi connectivity index (χ1n) is 6.37. The quantitative estimate of drug-likeness (QED) is 0.378. The molecular weight excluding hydrogens is 254 g/mol. The predicted octanol–water partition coefficient (Wildman–Crippen LogP) is 2.32. The van der Waals surface area contributed by atoms with E-state index >= 15 is 0 Å². The Bertz CT molecular complexity index is 594. The monoisotopic (exact) mass is 271 g/mol. The molecule has 1 heterocycles. The smallest absolute Gasteiger partial charge is 0.188 e. The Balaban J connectivity index is 2.03. The van der Waals surface area contributed by atoms with Crippen molar-refractivity contribution in [2.45, 2.75) is 20.0 Å². The lowest BCUT2D eigenvalue weighted by Crippen LogP contribution is -2.15. The second-order valence-corrected chi connectivity index (χ2v) is 4.32. The number of oxime groups is 1. The molecule has 0 fully saturated rings. The summed E-state index contributed by atoms with van der Waals surface area (Å²) in [5.74, 6) is 0.795. The highest BCUT2D eigenvalue weighted by Gasteiger charge is 2.03. The van der Waals surface area contributed by atoms with E-state index < -0.39 is 0 Å². The van der Waals surface area contributed by atoms with Gasteiger partial charge in [0.25, 0.3) is 0 Å². The van der Waals surface area contributed by atoms with E-state index in [4.69, 9.17) is 15.7 Å². The largest absolute Gasteiger partial charge is 0.489 e. The fourth-order valence-corrected chi connectivity index (χ4v) is 1.74. The first-order valence-corrected chi connectivity index (χ1v) is 6.37. The lowest BCUT2D eigenvalue weighted by molar-refractivity contribution is 0.306. The van der Waals surface area contributed by atoms with Crippen LogP contribution in [0.4, 0.5) is 0 Å². The number of amidine groups is 1. The molecule has 0 aliphatic rings. The van der Waals surface area contributed by atoms with Crippen LogP contribution in [0.15, 0.2) is 47.8 Å². The van der Waals surface area contributed by atoms with Gasteiger partial charge in [-0.05, 0) is 41.8 Å². The minimum atomic E-state index is -0.0147. The van der Waals surface area contributed by atoms with Crippen LogP contribution in [-0.2, 0) is 13.0 Å². The van der Waals surface area contributed by atoms with Gasteiger partial charge in [0.2, 0.25) is 0 Å². The number of hydrogen-bond acceptors (Lipinski definition) is 4. The zero-order chi connectivity index (χ0) is 14.4. The number of ether oxygens (including phenoxy) is 1. The number of nitrogens with two attached hydrogens (primary N) is 1. The Morgan fingerprint density at radius 1 is 1.25 bits per heavy atom. The lowest BCUT2D eigenvalue weighted by Gasteiger charge is -2.07. The Labute approximate surface area is 117 Å². The van der Waals surface area contributed by atoms with Gasteiger partial charge in [0, 0.05) is 6.20 Å². The van der Waals surface area contributed by atoms with Gasteiger partial charge in [-0.2, -0.15) is 0 Å². The van der Waals surface area contributed by atoms with E-state index in [1.165, 1.54) is 5.56 Å². The molecule has 0 saturated heterocycles. The molecule has 0 aliphatic heterocycles. The summed E-state index contributed by atoms with van der Waals surface area (Å²) in [7, 11) is 0. The molecule has 0 amide bonds. The van der Waals surface area contributed by atoms with Crippen molar-refractivity contribution in [2.75, 3.05) is 0 Å². The summed E-state index contributed by atoms with van der Waals surface area (Å²) >= 11 is 0. The van der Waals surface area contributed by atoms with Gasteiger partial charge < -0.3 is 15.7 Å². The van der Waals surface area contributed by atoms with Gasteiger partial charge >= 0.3 is 0 Å². The number of rotatable bonds is 5. The standard InChI is InChI=1S/C15H17N3O2/c1-2-11-3-5-13(6-4-11)20-10-12-7-8-17-14(9-12)15(16)18-19/h3-9,19H,2,10H2,1H3,(H2,16,18). The normalized spacial score (nSPS) is 11.3. The van der Waals surface area contributed by atoms with E-state index in [2.05, 4.69) is 17.1 Å². The first kappa shape index (κ1) is 13.9. The van der Waals surface area contributed by atoms with Gasteiger partial charge in [-0.25, -0.2) is 0 Å². The summed E-state index contributed by atoms with van der Waals surface area (Å²) in [5, 5.41) is 11.6. The highest BCUT2D eigenvalue weighted by atomic mass is 16.5. The van der Waals surface area contributed by atoms with E-state index in [-0.39, 0.29) is 5.84 Å². The molecule has 5 heteroatoms. The van der Waals surface area contributed by atoms with Crippen LogP contribution in [0.1, 0.15) is 23.7 Å². The summed E-state index contributed by atoms with van der Waals surface area (Å²) in [5.41, 5.74) is 8.10. The van der Waals surface area contributed by atoms with Gasteiger partial charge in [-0.3, -0.25) is 4.98 Å². The molecule has 2 aromatic rings. The topological polar surface area (TPSA) is 80.7 Å². The van der Waals surface area contributed by atoms with Crippen LogP contribution in [0.2, 0.25) is 0 Å². The third-order valence-electron chi connectivity index (χ3n) is 2.93. The van der Waals surface area contributed by atoms with E-state index in [1.807, 2.05) is 30.3 Å². The van der Waals surface area contributed by atoms with Crippen molar-refractivity contribution in [3.63, 3.8) is 0 Å². The molecule has 20 heavy (non-hydrogen) atoms. The maximum absolute atomic E-state index is 8.63. The molecule has 3 N–H and O–H groups in total. The number of pyridine rings is 1. The van der Waals surface area contributed by atoms with Gasteiger partial charge in [0.15, 0.2) is 5.84 Å². The molecule has 5 nitrogen and oxygen atoms in total. The van der Waals surface area contributed by atoms with E-state index in [1.54, 1.807) is 12.3 Å². The average molecular weight is 271 g/mol. The Kier molecular flexibility index (Phi) is 4.55. The Hall–Kier alpha value is -2.56. The van der Waals surface area contributed by atoms with Crippen molar-refractivity contribution < 1.29 is 9.94 Å². The second kappa shape index (κ2) is 6.56. The molecule has 0 atom stereocenters. The molecule has 104 valence electrons. The third-order valence-corrected chi connectivity index (χ3v) is 2.93. The highest BCUT2D eigenvalue weighted by Crippen LogP contribution is 2.14. The van der Waals surface area contributed by atoms with Gasteiger partial charge in [-0.1, -0.05) is 24.2 Å². The second-order valence-electron chi connectivity index (χ2n) is 4.32. The number of nitrogens with zero attached hydrogens (tertiary/aromatic N) is 2. The molecule has 1 aromatic carbocycles. The van der Waals surface area contributed by atoms with Crippen molar-refractivity contribution >= 4 is 5.84 Å². The molecule has 0 saturated carbocycles. The maximum atomic E-state index is 8.63. The molecular formula is C15H17N3O2. The minimum absolute atomic E-state index is 0.0147. The van der Waals surface area contributed by atoms with E-state index in [0.29, 0.717) is 12.3 Å². The number of hydrogen-bond donors (Lipinski definition) is 2. The molecule has 2 rings (SSSR count). The van der Waals surface area contributed by atoms with Crippen LogP contribution in [0.3, 0.4) is 0 Å². The van der Waals surface area contributed by atoms with Gasteiger partial charge in [-0.15, -0.1) is 0 Å². The van der Waals surface area contributed by atoms with Gasteiger partial charge in [0.05, 0.1) is 0 Å². The molecule has 0 spiro atoms. The minimum Gasteiger partial charge on any atom is -0.489 e. The number of aryl methyl sites for hydroxylation is 1.